The van der Waals surface area contributed by atoms with Gasteiger partial charge in [0.05, 0.1) is 6.34 Å². The highest BCUT2D eigenvalue weighted by atomic mass is 15.1. The van der Waals surface area contributed by atoms with Crippen LogP contribution < -0.4 is 0 Å². The van der Waals surface area contributed by atoms with Crippen LogP contribution >= 0.6 is 0 Å². The Balaban J connectivity index is 3.87. The molecule has 0 heterocycles. The second-order valence-electron chi connectivity index (χ2n) is 1.68. The summed E-state index contributed by atoms with van der Waals surface area (Å²) in [5.41, 5.74) is 0.848. The molecule has 0 spiro atoms. The largest absolute Gasteiger partial charge is 0.336 e. The van der Waals surface area contributed by atoms with Crippen molar-refractivity contribution in [3.05, 3.63) is 24.9 Å². The molecular weight excluding hydrogens is 112 g/mol. The zero-order valence-electron chi connectivity index (χ0n) is 5.96. The van der Waals surface area contributed by atoms with Crippen LogP contribution in [0.25, 0.3) is 0 Å². The lowest BCUT2D eigenvalue weighted by Gasteiger charge is -2.10. The van der Waals surface area contributed by atoms with Crippen molar-refractivity contribution in [2.45, 2.75) is 0 Å². The topological polar surface area (TPSA) is 15.6 Å². The molecule has 0 amide bonds. The molecule has 0 radical (unpaired) electrons. The first kappa shape index (κ1) is 7.95. The summed E-state index contributed by atoms with van der Waals surface area (Å²) >= 11 is 0. The zero-order chi connectivity index (χ0) is 7.28. The SMILES string of the molecule is C=CC(=C)N(C)C=NC. The van der Waals surface area contributed by atoms with Gasteiger partial charge in [0.25, 0.3) is 0 Å². The predicted molar refractivity (Wildman–Crippen MR) is 41.5 cm³/mol. The van der Waals surface area contributed by atoms with E-state index in [4.69, 9.17) is 0 Å². The summed E-state index contributed by atoms with van der Waals surface area (Å²) in [7, 11) is 3.59. The van der Waals surface area contributed by atoms with E-state index in [0.717, 1.165) is 5.70 Å². The van der Waals surface area contributed by atoms with Gasteiger partial charge < -0.3 is 4.90 Å². The van der Waals surface area contributed by atoms with Crippen molar-refractivity contribution >= 4 is 6.34 Å². The van der Waals surface area contributed by atoms with Gasteiger partial charge in [0.2, 0.25) is 0 Å². The van der Waals surface area contributed by atoms with Crippen molar-refractivity contribution in [2.24, 2.45) is 4.99 Å². The molecule has 0 saturated carbocycles. The fourth-order valence-corrected chi connectivity index (χ4v) is 0.391. The second kappa shape index (κ2) is 3.89. The van der Waals surface area contributed by atoms with E-state index in [0.29, 0.717) is 0 Å². The molecule has 50 valence electrons. The summed E-state index contributed by atoms with van der Waals surface area (Å²) < 4.78 is 0. The van der Waals surface area contributed by atoms with Gasteiger partial charge in [-0.2, -0.15) is 0 Å². The van der Waals surface area contributed by atoms with Crippen molar-refractivity contribution in [3.8, 4) is 0 Å². The molecule has 0 aromatic rings. The summed E-state index contributed by atoms with van der Waals surface area (Å²) in [6, 6.07) is 0. The van der Waals surface area contributed by atoms with Crippen LogP contribution in [0.3, 0.4) is 0 Å². The van der Waals surface area contributed by atoms with E-state index in [2.05, 4.69) is 18.2 Å². The van der Waals surface area contributed by atoms with E-state index in [1.807, 2.05) is 7.05 Å². The normalized spacial score (nSPS) is 9.56. The van der Waals surface area contributed by atoms with Gasteiger partial charge in [-0.1, -0.05) is 13.2 Å². The van der Waals surface area contributed by atoms with Crippen LogP contribution in [0.1, 0.15) is 0 Å². The van der Waals surface area contributed by atoms with Gasteiger partial charge >= 0.3 is 0 Å². The number of aliphatic imine (C=N–C) groups is 1. The monoisotopic (exact) mass is 124 g/mol. The number of hydrogen-bond donors (Lipinski definition) is 0. The first-order chi connectivity index (χ1) is 4.22. The maximum absolute atomic E-state index is 3.80. The van der Waals surface area contributed by atoms with Crippen molar-refractivity contribution in [1.82, 2.24) is 4.90 Å². The van der Waals surface area contributed by atoms with E-state index in [1.165, 1.54) is 0 Å². The quantitative estimate of drug-likeness (QED) is 0.314. The fourth-order valence-electron chi connectivity index (χ4n) is 0.391. The minimum Gasteiger partial charge on any atom is -0.336 e. The maximum atomic E-state index is 3.80. The smallest absolute Gasteiger partial charge is 0.0888 e. The zero-order valence-corrected chi connectivity index (χ0v) is 5.96. The second-order valence-corrected chi connectivity index (χ2v) is 1.68. The van der Waals surface area contributed by atoms with E-state index in [9.17, 15) is 0 Å². The molecule has 0 N–H and O–H groups in total. The highest BCUT2D eigenvalue weighted by Crippen LogP contribution is 1.93. The van der Waals surface area contributed by atoms with Crippen LogP contribution in [0.15, 0.2) is 29.9 Å². The van der Waals surface area contributed by atoms with Gasteiger partial charge in [-0.3, -0.25) is 4.99 Å². The number of rotatable bonds is 3. The molecular formula is C7H12N2. The maximum Gasteiger partial charge on any atom is 0.0888 e. The Hall–Kier alpha value is -1.05. The van der Waals surface area contributed by atoms with Crippen LogP contribution in [0, 0.1) is 0 Å². The number of likely N-dealkylation sites (N-methyl/N-ethyl adjacent to an activating group) is 1. The number of hydrogen-bond acceptors (Lipinski definition) is 1. The molecule has 2 nitrogen and oxygen atoms in total. The highest BCUT2D eigenvalue weighted by Gasteiger charge is 1.88. The van der Waals surface area contributed by atoms with E-state index >= 15 is 0 Å². The Bertz CT molecular complexity index is 136. The van der Waals surface area contributed by atoms with Crippen LogP contribution in [-0.2, 0) is 0 Å². The Labute approximate surface area is 56.2 Å². The van der Waals surface area contributed by atoms with Gasteiger partial charge in [-0.25, -0.2) is 0 Å². The summed E-state index contributed by atoms with van der Waals surface area (Å²) in [5.74, 6) is 0. The van der Waals surface area contributed by atoms with Crippen LogP contribution in [-0.4, -0.2) is 25.3 Å². The van der Waals surface area contributed by atoms with Gasteiger partial charge in [0.1, 0.15) is 0 Å². The molecule has 0 aliphatic carbocycles. The summed E-state index contributed by atoms with van der Waals surface area (Å²) in [4.78, 5) is 5.60. The molecule has 9 heavy (non-hydrogen) atoms. The predicted octanol–water partition coefficient (Wildman–Crippen LogP) is 1.28. The van der Waals surface area contributed by atoms with Gasteiger partial charge in [0, 0.05) is 19.8 Å². The average molecular weight is 124 g/mol. The highest BCUT2D eigenvalue weighted by molar-refractivity contribution is 5.57. The van der Waals surface area contributed by atoms with Crippen molar-refractivity contribution in [2.75, 3.05) is 14.1 Å². The summed E-state index contributed by atoms with van der Waals surface area (Å²) in [6.07, 6.45) is 3.37. The number of nitrogens with zero attached hydrogens (tertiary/aromatic N) is 2. The van der Waals surface area contributed by atoms with E-state index < -0.39 is 0 Å². The van der Waals surface area contributed by atoms with E-state index in [-0.39, 0.29) is 0 Å². The van der Waals surface area contributed by atoms with Crippen LogP contribution in [0.2, 0.25) is 0 Å². The third kappa shape index (κ3) is 2.69. The molecule has 0 rings (SSSR count). The Morgan fingerprint density at radius 1 is 1.67 bits per heavy atom. The third-order valence-electron chi connectivity index (χ3n) is 0.977. The first-order valence-corrected chi connectivity index (χ1v) is 2.68. The lowest BCUT2D eigenvalue weighted by Crippen LogP contribution is -2.12. The summed E-state index contributed by atoms with van der Waals surface area (Å²) in [6.45, 7) is 7.27. The molecule has 0 atom stereocenters. The molecule has 2 heteroatoms. The fraction of sp³-hybridized carbons (Fsp3) is 0.286. The molecule has 0 aromatic heterocycles. The molecule has 0 aliphatic heterocycles. The first-order valence-electron chi connectivity index (χ1n) is 2.68. The minimum atomic E-state index is 0.848. The minimum absolute atomic E-state index is 0.848. The molecule has 0 bridgehead atoms. The van der Waals surface area contributed by atoms with Crippen molar-refractivity contribution < 1.29 is 0 Å². The summed E-state index contributed by atoms with van der Waals surface area (Å²) in [5, 5.41) is 0. The third-order valence-corrected chi connectivity index (χ3v) is 0.977. The van der Waals surface area contributed by atoms with Crippen LogP contribution in [0.5, 0.6) is 0 Å². The lowest BCUT2D eigenvalue weighted by molar-refractivity contribution is 0.670. The lowest BCUT2D eigenvalue weighted by atomic mass is 10.4. The number of allylic oxidation sites excluding steroid dienone is 1. The Kier molecular flexibility index (Phi) is 3.44. The van der Waals surface area contributed by atoms with Crippen molar-refractivity contribution in [1.29, 1.82) is 0 Å². The molecule has 0 aliphatic rings. The Morgan fingerprint density at radius 2 is 2.22 bits per heavy atom. The van der Waals surface area contributed by atoms with Gasteiger partial charge in [-0.15, -0.1) is 0 Å². The molecule has 0 saturated heterocycles. The molecule has 0 aromatic carbocycles. The molecule has 0 fully saturated rings. The molecule has 0 unspecified atom stereocenters. The standard InChI is InChI=1S/C7H12N2/c1-5-7(2)9(4)6-8-3/h5-6H,1-2H2,3-4H3. The van der Waals surface area contributed by atoms with Gasteiger partial charge in [0.15, 0.2) is 0 Å². The average Bonchev–Trinajstić information content (AvgIpc) is 1.87. The van der Waals surface area contributed by atoms with E-state index in [1.54, 1.807) is 24.4 Å². The van der Waals surface area contributed by atoms with Crippen molar-refractivity contribution in [3.63, 3.8) is 0 Å². The van der Waals surface area contributed by atoms with Crippen LogP contribution in [0.4, 0.5) is 0 Å². The Morgan fingerprint density at radius 3 is 2.56 bits per heavy atom. The van der Waals surface area contributed by atoms with Gasteiger partial charge in [-0.05, 0) is 6.08 Å².